The summed E-state index contributed by atoms with van der Waals surface area (Å²) in [6.07, 6.45) is 0.0369. The first-order valence-corrected chi connectivity index (χ1v) is 8.77. The van der Waals surface area contributed by atoms with E-state index in [-0.39, 0.29) is 17.7 Å². The van der Waals surface area contributed by atoms with Crippen molar-refractivity contribution in [3.8, 4) is 0 Å². The number of hydrogen-bond donors (Lipinski definition) is 1. The Morgan fingerprint density at radius 2 is 1.92 bits per heavy atom. The van der Waals surface area contributed by atoms with Gasteiger partial charge in [-0.1, -0.05) is 25.1 Å². The van der Waals surface area contributed by atoms with Crippen molar-refractivity contribution in [1.82, 2.24) is 0 Å². The molecule has 0 aliphatic rings. The quantitative estimate of drug-likeness (QED) is 0.243. The van der Waals surface area contributed by atoms with Crippen LogP contribution in [0.4, 0.5) is 0 Å². The lowest BCUT2D eigenvalue weighted by molar-refractivity contribution is -0.141. The molecule has 0 amide bonds. The second-order valence-corrected chi connectivity index (χ2v) is 6.56. The maximum Gasteiger partial charge on any atom is 0.355 e. The Morgan fingerprint density at radius 3 is 2.42 bits per heavy atom. The summed E-state index contributed by atoms with van der Waals surface area (Å²) >= 11 is 0. The molecule has 0 aromatic heterocycles. The van der Waals surface area contributed by atoms with E-state index in [2.05, 4.69) is 25.5 Å². The molecule has 9 nitrogen and oxygen atoms in total. The Morgan fingerprint density at radius 1 is 1.29 bits per heavy atom. The number of rotatable bonds is 11. The molecule has 0 aliphatic heterocycles. The van der Waals surface area contributed by atoms with Gasteiger partial charge in [-0.15, -0.1) is 0 Å². The average Bonchev–Trinajstić information content (AvgIpc) is 2.51. The van der Waals surface area contributed by atoms with Crippen LogP contribution in [0.3, 0.4) is 0 Å². The van der Waals surface area contributed by atoms with Crippen molar-refractivity contribution in [2.75, 3.05) is 19.5 Å². The maximum atomic E-state index is 11.7. The molecular weight excluding hydrogens is 342 g/mol. The third-order valence-electron chi connectivity index (χ3n) is 2.60. The van der Waals surface area contributed by atoms with Gasteiger partial charge in [-0.25, -0.2) is 9.59 Å². The van der Waals surface area contributed by atoms with Crippen molar-refractivity contribution in [1.29, 1.82) is 0 Å². The molecular formula is C14H23NO8S. The first-order valence-electron chi connectivity index (χ1n) is 7.20. The lowest BCUT2D eigenvalue weighted by Crippen LogP contribution is -2.28. The summed E-state index contributed by atoms with van der Waals surface area (Å²) in [7, 11) is -3.13. The number of esters is 2. The molecule has 1 atom stereocenters. The third-order valence-corrected chi connectivity index (χ3v) is 3.70. The summed E-state index contributed by atoms with van der Waals surface area (Å²) in [4.78, 5) is 22.6. The predicted molar refractivity (Wildman–Crippen MR) is 85.6 cm³/mol. The first kappa shape index (κ1) is 22.1. The van der Waals surface area contributed by atoms with Crippen LogP contribution in [0.5, 0.6) is 0 Å². The molecule has 0 saturated carbocycles. The largest absolute Gasteiger partial charge is 0.464 e. The minimum absolute atomic E-state index is 0.115. The van der Waals surface area contributed by atoms with Gasteiger partial charge in [-0.3, -0.25) is 4.28 Å². The van der Waals surface area contributed by atoms with E-state index in [1.165, 1.54) is 6.92 Å². The standard InChI is InChI=1S/C14H23NO8S/c1-5-6-7-12(14(18)21-4)15-23-24(19,20)9-11(16)8-22-13(17)10(2)3/h11,16H,2,5-9H2,1,3-4H3. The number of nitrogens with zero attached hydrogens (tertiary/aromatic N) is 1. The number of carbonyl (C=O) groups is 2. The van der Waals surface area contributed by atoms with Gasteiger partial charge in [0, 0.05) is 12.0 Å². The van der Waals surface area contributed by atoms with E-state index >= 15 is 0 Å². The number of hydrogen-bond acceptors (Lipinski definition) is 9. The number of ether oxygens (including phenoxy) is 2. The van der Waals surface area contributed by atoms with Crippen LogP contribution in [0.25, 0.3) is 0 Å². The zero-order valence-electron chi connectivity index (χ0n) is 14.0. The molecule has 24 heavy (non-hydrogen) atoms. The van der Waals surface area contributed by atoms with Gasteiger partial charge in [0.25, 0.3) is 0 Å². The smallest absolute Gasteiger partial charge is 0.355 e. The van der Waals surface area contributed by atoms with Crippen molar-refractivity contribution in [2.45, 2.75) is 39.2 Å². The highest BCUT2D eigenvalue weighted by atomic mass is 32.2. The van der Waals surface area contributed by atoms with Crippen LogP contribution in [-0.2, 0) is 33.5 Å². The van der Waals surface area contributed by atoms with E-state index in [9.17, 15) is 23.1 Å². The molecule has 0 saturated heterocycles. The number of oxime groups is 1. The van der Waals surface area contributed by atoms with Crippen LogP contribution in [-0.4, -0.2) is 56.7 Å². The molecule has 0 aromatic rings. The molecule has 0 aromatic carbocycles. The van der Waals surface area contributed by atoms with Gasteiger partial charge in [-0.2, -0.15) is 8.42 Å². The highest BCUT2D eigenvalue weighted by Gasteiger charge is 2.22. The summed E-state index contributed by atoms with van der Waals surface area (Å²) in [5.41, 5.74) is -0.0596. The van der Waals surface area contributed by atoms with Gasteiger partial charge < -0.3 is 14.6 Å². The monoisotopic (exact) mass is 365 g/mol. The van der Waals surface area contributed by atoms with E-state index in [0.717, 1.165) is 13.5 Å². The zero-order chi connectivity index (χ0) is 18.8. The number of unbranched alkanes of at least 4 members (excludes halogenated alkanes) is 1. The van der Waals surface area contributed by atoms with Gasteiger partial charge in [0.05, 0.1) is 7.11 Å². The molecule has 0 heterocycles. The van der Waals surface area contributed by atoms with Gasteiger partial charge in [0.1, 0.15) is 18.5 Å². The highest BCUT2D eigenvalue weighted by molar-refractivity contribution is 7.86. The first-order chi connectivity index (χ1) is 11.1. The van der Waals surface area contributed by atoms with Crippen LogP contribution >= 0.6 is 0 Å². The SMILES string of the molecule is C=C(C)C(=O)OCC(O)CS(=O)(=O)ON=C(CCCC)C(=O)OC. The summed E-state index contributed by atoms with van der Waals surface area (Å²) in [6, 6.07) is 0. The lowest BCUT2D eigenvalue weighted by atomic mass is 10.2. The fourth-order valence-electron chi connectivity index (χ4n) is 1.36. The van der Waals surface area contributed by atoms with Crippen molar-refractivity contribution >= 4 is 27.8 Å². The summed E-state index contributed by atoms with van der Waals surface area (Å²) in [5, 5.41) is 12.9. The normalized spacial score (nSPS) is 13.1. The lowest BCUT2D eigenvalue weighted by Gasteiger charge is -2.11. The molecule has 138 valence electrons. The molecule has 0 aliphatic carbocycles. The van der Waals surface area contributed by atoms with Crippen LogP contribution in [0.2, 0.25) is 0 Å². The zero-order valence-corrected chi connectivity index (χ0v) is 14.8. The van der Waals surface area contributed by atoms with Gasteiger partial charge >= 0.3 is 22.1 Å². The second-order valence-electron chi connectivity index (χ2n) is 4.96. The molecule has 0 fully saturated rings. The van der Waals surface area contributed by atoms with Crippen molar-refractivity contribution in [3.63, 3.8) is 0 Å². The Balaban J connectivity index is 4.69. The fourth-order valence-corrected chi connectivity index (χ4v) is 2.19. The van der Waals surface area contributed by atoms with Gasteiger partial charge in [-0.05, 0) is 13.3 Å². The Hall–Kier alpha value is -1.94. The van der Waals surface area contributed by atoms with Crippen LogP contribution in [0.1, 0.15) is 33.1 Å². The third kappa shape index (κ3) is 9.26. The van der Waals surface area contributed by atoms with Crippen LogP contribution in [0.15, 0.2) is 17.3 Å². The average molecular weight is 365 g/mol. The molecule has 1 N–H and O–H groups in total. The van der Waals surface area contributed by atoms with E-state index < -0.39 is 40.5 Å². The molecule has 10 heteroatoms. The summed E-state index contributed by atoms with van der Waals surface area (Å²) in [5.74, 6) is -2.41. The number of methoxy groups -OCH3 is 1. The molecule has 0 rings (SSSR count). The molecule has 0 spiro atoms. The highest BCUT2D eigenvalue weighted by Crippen LogP contribution is 2.05. The molecule has 0 bridgehead atoms. The van der Waals surface area contributed by atoms with Crippen molar-refractivity contribution in [3.05, 3.63) is 12.2 Å². The van der Waals surface area contributed by atoms with Crippen LogP contribution < -0.4 is 0 Å². The second kappa shape index (κ2) is 10.8. The minimum Gasteiger partial charge on any atom is -0.464 e. The Kier molecular flexibility index (Phi) is 9.89. The Labute approximate surface area is 141 Å². The molecule has 0 radical (unpaired) electrons. The van der Waals surface area contributed by atoms with E-state index in [0.29, 0.717) is 6.42 Å². The summed E-state index contributed by atoms with van der Waals surface area (Å²) < 4.78 is 36.9. The number of aliphatic hydroxyl groups is 1. The Bertz CT molecular complexity index is 582. The van der Waals surface area contributed by atoms with Gasteiger partial charge in [0.2, 0.25) is 0 Å². The topological polar surface area (TPSA) is 129 Å². The van der Waals surface area contributed by atoms with E-state index in [1.54, 1.807) is 0 Å². The predicted octanol–water partition coefficient (Wildman–Crippen LogP) is 0.532. The fraction of sp³-hybridized carbons (Fsp3) is 0.643. The minimum atomic E-state index is -4.27. The molecule has 1 unspecified atom stereocenters. The van der Waals surface area contributed by atoms with E-state index in [1.807, 2.05) is 6.92 Å². The van der Waals surface area contributed by atoms with Crippen molar-refractivity contribution in [2.24, 2.45) is 5.16 Å². The number of aliphatic hydroxyl groups excluding tert-OH is 1. The maximum absolute atomic E-state index is 11.7. The van der Waals surface area contributed by atoms with Crippen molar-refractivity contribution < 1.29 is 36.9 Å². The van der Waals surface area contributed by atoms with E-state index in [4.69, 9.17) is 0 Å². The summed E-state index contributed by atoms with van der Waals surface area (Å²) in [6.45, 7) is 6.10. The number of carbonyl (C=O) groups excluding carboxylic acids is 2. The van der Waals surface area contributed by atoms with Gasteiger partial charge in [0.15, 0.2) is 5.71 Å². The van der Waals surface area contributed by atoms with Crippen LogP contribution in [0, 0.1) is 0 Å².